The summed E-state index contributed by atoms with van der Waals surface area (Å²) in [4.78, 5) is 5.05. The summed E-state index contributed by atoms with van der Waals surface area (Å²) < 4.78 is 5.26. The van der Waals surface area contributed by atoms with E-state index in [0.29, 0.717) is 5.95 Å². The summed E-state index contributed by atoms with van der Waals surface area (Å²) in [6, 6.07) is 3.86. The van der Waals surface area contributed by atoms with Crippen LogP contribution in [-0.4, -0.2) is 35.8 Å². The van der Waals surface area contributed by atoms with E-state index in [2.05, 4.69) is 20.5 Å². The molecule has 2 rings (SSSR count). The number of hydrogen-bond acceptors (Lipinski definition) is 5. The first-order valence-electron chi connectivity index (χ1n) is 5.13. The third-order valence-electron chi connectivity index (χ3n) is 2.35. The summed E-state index contributed by atoms with van der Waals surface area (Å²) in [6.45, 7) is 0.825. The minimum Gasteiger partial charge on any atom is -0.469 e. The lowest BCUT2D eigenvalue weighted by molar-refractivity contribution is 0.508. The predicted molar refractivity (Wildman–Crippen MR) is 61.6 cm³/mol. The van der Waals surface area contributed by atoms with Gasteiger partial charge < -0.3 is 14.6 Å². The van der Waals surface area contributed by atoms with Crippen LogP contribution in [0.25, 0.3) is 0 Å². The van der Waals surface area contributed by atoms with Crippen LogP contribution in [0, 0.1) is 0 Å². The molecule has 0 bridgehead atoms. The number of nitrogens with zero attached hydrogens (tertiary/aromatic N) is 3. The van der Waals surface area contributed by atoms with Gasteiger partial charge in [-0.05, 0) is 12.1 Å². The monoisotopic (exact) mass is 221 g/mol. The molecule has 0 saturated carbocycles. The molecule has 2 N–H and O–H groups in total. The zero-order chi connectivity index (χ0) is 11.4. The van der Waals surface area contributed by atoms with Crippen LogP contribution in [0.3, 0.4) is 0 Å². The van der Waals surface area contributed by atoms with Gasteiger partial charge in [0.25, 0.3) is 0 Å². The number of furan rings is 1. The summed E-state index contributed by atoms with van der Waals surface area (Å²) in [5.41, 5.74) is 0. The van der Waals surface area contributed by atoms with Gasteiger partial charge in [-0.2, -0.15) is 0 Å². The van der Waals surface area contributed by atoms with E-state index in [9.17, 15) is 0 Å². The molecule has 0 atom stereocenters. The number of hydrogen-bond donors (Lipinski definition) is 2. The molecule has 0 amide bonds. The van der Waals surface area contributed by atoms with Crippen LogP contribution in [0.5, 0.6) is 0 Å². The van der Waals surface area contributed by atoms with E-state index in [1.54, 1.807) is 13.3 Å². The minimum atomic E-state index is 0.667. The third kappa shape index (κ3) is 2.33. The number of aromatic amines is 1. The normalized spacial score (nSPS) is 10.4. The molecule has 0 unspecified atom stereocenters. The van der Waals surface area contributed by atoms with E-state index in [0.717, 1.165) is 24.7 Å². The lowest BCUT2D eigenvalue weighted by Crippen LogP contribution is -2.21. The van der Waals surface area contributed by atoms with Crippen molar-refractivity contribution in [3.63, 3.8) is 0 Å². The van der Waals surface area contributed by atoms with Gasteiger partial charge in [0, 0.05) is 27.1 Å². The highest BCUT2D eigenvalue weighted by molar-refractivity contribution is 5.35. The quantitative estimate of drug-likeness (QED) is 0.791. The molecular weight excluding hydrogens is 206 g/mol. The van der Waals surface area contributed by atoms with Crippen molar-refractivity contribution in [2.45, 2.75) is 6.42 Å². The Balaban J connectivity index is 1.90. The van der Waals surface area contributed by atoms with Crippen molar-refractivity contribution in [1.29, 1.82) is 0 Å². The van der Waals surface area contributed by atoms with Crippen LogP contribution in [0.1, 0.15) is 5.76 Å². The molecule has 0 radical (unpaired) electrons. The maximum absolute atomic E-state index is 5.26. The third-order valence-corrected chi connectivity index (χ3v) is 2.35. The Kier molecular flexibility index (Phi) is 3.09. The molecular formula is C10H15N5O. The number of nitrogens with one attached hydrogen (secondary N) is 2. The highest BCUT2D eigenvalue weighted by atomic mass is 16.3. The average Bonchev–Trinajstić information content (AvgIpc) is 2.96. The second-order valence-corrected chi connectivity index (χ2v) is 3.50. The molecule has 0 aliphatic rings. The van der Waals surface area contributed by atoms with Crippen molar-refractivity contribution < 1.29 is 4.42 Å². The average molecular weight is 221 g/mol. The molecule has 0 aromatic carbocycles. The van der Waals surface area contributed by atoms with E-state index in [4.69, 9.17) is 4.42 Å². The van der Waals surface area contributed by atoms with E-state index < -0.39 is 0 Å². The molecule has 86 valence electrons. The van der Waals surface area contributed by atoms with E-state index in [1.165, 1.54) is 0 Å². The maximum Gasteiger partial charge on any atom is 0.225 e. The summed E-state index contributed by atoms with van der Waals surface area (Å²) in [6.07, 6.45) is 2.53. The van der Waals surface area contributed by atoms with Gasteiger partial charge >= 0.3 is 0 Å². The van der Waals surface area contributed by atoms with Gasteiger partial charge in [0.15, 0.2) is 0 Å². The van der Waals surface area contributed by atoms with Crippen LogP contribution in [0.15, 0.2) is 22.8 Å². The molecule has 16 heavy (non-hydrogen) atoms. The largest absolute Gasteiger partial charge is 0.469 e. The highest BCUT2D eigenvalue weighted by Crippen LogP contribution is 2.09. The standard InChI is InChI=1S/C10H15N5O/c1-11-9-12-10(14-13-9)15(2)6-5-8-4-3-7-16-8/h3-4,7H,5-6H2,1-2H3,(H2,11,12,13,14). The van der Waals surface area contributed by atoms with Gasteiger partial charge in [0.2, 0.25) is 11.9 Å². The van der Waals surface area contributed by atoms with Crippen LogP contribution in [-0.2, 0) is 6.42 Å². The first kappa shape index (κ1) is 10.5. The molecule has 0 aliphatic carbocycles. The summed E-state index contributed by atoms with van der Waals surface area (Å²) >= 11 is 0. The Morgan fingerprint density at radius 2 is 2.38 bits per heavy atom. The number of anilines is 2. The molecule has 2 aromatic rings. The fourth-order valence-corrected chi connectivity index (χ4v) is 1.38. The summed E-state index contributed by atoms with van der Waals surface area (Å²) in [7, 11) is 3.76. The van der Waals surface area contributed by atoms with E-state index in [1.807, 2.05) is 24.1 Å². The number of aromatic nitrogens is 3. The first-order valence-corrected chi connectivity index (χ1v) is 5.13. The van der Waals surface area contributed by atoms with Gasteiger partial charge in [-0.15, -0.1) is 10.2 Å². The highest BCUT2D eigenvalue weighted by Gasteiger charge is 2.07. The Morgan fingerprint density at radius 1 is 1.50 bits per heavy atom. The Hall–Kier alpha value is -1.98. The molecule has 2 heterocycles. The zero-order valence-corrected chi connectivity index (χ0v) is 9.40. The number of H-pyrrole nitrogens is 1. The summed E-state index contributed by atoms with van der Waals surface area (Å²) in [5, 5.41) is 10.8. The Bertz CT molecular complexity index is 422. The van der Waals surface area contributed by atoms with Crippen molar-refractivity contribution >= 4 is 11.9 Å². The van der Waals surface area contributed by atoms with Gasteiger partial charge in [0.1, 0.15) is 5.76 Å². The SMILES string of the molecule is CNc1nnc(N(C)CCc2ccco2)[nH]1. The zero-order valence-electron chi connectivity index (χ0n) is 9.40. The van der Waals surface area contributed by atoms with Crippen molar-refractivity contribution in [1.82, 2.24) is 15.2 Å². The summed E-state index contributed by atoms with van der Waals surface area (Å²) in [5.74, 6) is 2.39. The topological polar surface area (TPSA) is 70.0 Å². The Morgan fingerprint density at radius 3 is 3.00 bits per heavy atom. The lowest BCUT2D eigenvalue weighted by atomic mass is 10.3. The van der Waals surface area contributed by atoms with Crippen LogP contribution in [0.2, 0.25) is 0 Å². The van der Waals surface area contributed by atoms with E-state index in [-0.39, 0.29) is 0 Å². The minimum absolute atomic E-state index is 0.667. The van der Waals surface area contributed by atoms with Gasteiger partial charge in [0.05, 0.1) is 6.26 Å². The molecule has 0 aliphatic heterocycles. The second-order valence-electron chi connectivity index (χ2n) is 3.50. The molecule has 0 saturated heterocycles. The molecule has 6 heteroatoms. The number of rotatable bonds is 5. The van der Waals surface area contributed by atoms with Crippen LogP contribution >= 0.6 is 0 Å². The van der Waals surface area contributed by atoms with Gasteiger partial charge in [-0.3, -0.25) is 4.98 Å². The maximum atomic E-state index is 5.26. The van der Waals surface area contributed by atoms with Gasteiger partial charge in [-0.1, -0.05) is 0 Å². The molecule has 0 spiro atoms. The first-order chi connectivity index (χ1) is 7.79. The number of likely N-dealkylation sites (N-methyl/N-ethyl adjacent to an activating group) is 1. The van der Waals surface area contributed by atoms with E-state index >= 15 is 0 Å². The van der Waals surface area contributed by atoms with Crippen LogP contribution < -0.4 is 10.2 Å². The predicted octanol–water partition coefficient (Wildman–Crippen LogP) is 1.12. The van der Waals surface area contributed by atoms with Crippen molar-refractivity contribution in [3.05, 3.63) is 24.2 Å². The molecule has 0 fully saturated rings. The fraction of sp³-hybridized carbons (Fsp3) is 0.400. The van der Waals surface area contributed by atoms with Gasteiger partial charge in [-0.25, -0.2) is 0 Å². The smallest absolute Gasteiger partial charge is 0.225 e. The fourth-order valence-electron chi connectivity index (χ4n) is 1.38. The van der Waals surface area contributed by atoms with Crippen molar-refractivity contribution in [2.24, 2.45) is 0 Å². The second kappa shape index (κ2) is 4.69. The molecule has 2 aromatic heterocycles. The van der Waals surface area contributed by atoms with Crippen molar-refractivity contribution in [3.8, 4) is 0 Å². The lowest BCUT2D eigenvalue weighted by Gasteiger charge is -2.13. The molecule has 6 nitrogen and oxygen atoms in total. The van der Waals surface area contributed by atoms with Crippen LogP contribution in [0.4, 0.5) is 11.9 Å². The van der Waals surface area contributed by atoms with Crippen molar-refractivity contribution in [2.75, 3.05) is 30.9 Å². The Labute approximate surface area is 93.7 Å².